The van der Waals surface area contributed by atoms with Gasteiger partial charge < -0.3 is 9.47 Å². The number of aromatic amines is 1. The van der Waals surface area contributed by atoms with E-state index in [1.165, 1.54) is 13.3 Å². The molecule has 0 saturated carbocycles. The molecule has 0 spiro atoms. The van der Waals surface area contributed by atoms with Gasteiger partial charge in [-0.1, -0.05) is 42.5 Å². The number of alkyl halides is 3. The van der Waals surface area contributed by atoms with Gasteiger partial charge in [-0.3, -0.25) is 0 Å². The van der Waals surface area contributed by atoms with Crippen molar-refractivity contribution in [3.63, 3.8) is 0 Å². The largest absolute Gasteiger partial charge is 0.496 e. The minimum absolute atomic E-state index is 0.189. The van der Waals surface area contributed by atoms with E-state index in [9.17, 15) is 13.2 Å². The van der Waals surface area contributed by atoms with Crippen molar-refractivity contribution in [3.8, 4) is 22.6 Å². The lowest BCUT2D eigenvalue weighted by Gasteiger charge is -2.12. The zero-order valence-corrected chi connectivity index (χ0v) is 18.7. The van der Waals surface area contributed by atoms with Gasteiger partial charge in [0.1, 0.15) is 18.1 Å². The number of aromatic nitrogens is 3. The normalized spacial score (nSPS) is 11.6. The molecular formula is C24H19F3N4O2S. The van der Waals surface area contributed by atoms with Crippen LogP contribution in [-0.2, 0) is 12.8 Å². The van der Waals surface area contributed by atoms with Gasteiger partial charge in [0.15, 0.2) is 0 Å². The number of H-pyrrole nitrogens is 1. The van der Waals surface area contributed by atoms with Gasteiger partial charge in [0.2, 0.25) is 4.77 Å². The summed E-state index contributed by atoms with van der Waals surface area (Å²) in [6, 6.07) is 22.7. The summed E-state index contributed by atoms with van der Waals surface area (Å²) in [6.07, 6.45) is -3.43. The van der Waals surface area contributed by atoms with E-state index >= 15 is 0 Å². The fraction of sp³-hybridized carbons (Fsp3) is 0.125. The maximum absolute atomic E-state index is 13.1. The summed E-state index contributed by atoms with van der Waals surface area (Å²) in [5.41, 5.74) is 3.41. The number of halogens is 3. The first-order valence-electron chi connectivity index (χ1n) is 10.1. The SMILES string of the molecule is COc1ccc(/C=N/n2c(C(F)(F)F)n[nH]c2=S)cc1COc1ccc(-c2ccccc2)cc1. The van der Waals surface area contributed by atoms with Gasteiger partial charge in [0.05, 0.1) is 13.3 Å². The monoisotopic (exact) mass is 484 g/mol. The zero-order chi connectivity index (χ0) is 24.1. The summed E-state index contributed by atoms with van der Waals surface area (Å²) in [6.45, 7) is 0.189. The molecule has 10 heteroatoms. The van der Waals surface area contributed by atoms with E-state index in [0.29, 0.717) is 27.3 Å². The van der Waals surface area contributed by atoms with Crippen molar-refractivity contribution in [1.82, 2.24) is 14.9 Å². The fourth-order valence-electron chi connectivity index (χ4n) is 3.23. The maximum Gasteiger partial charge on any atom is 0.453 e. The summed E-state index contributed by atoms with van der Waals surface area (Å²) in [5, 5.41) is 9.15. The van der Waals surface area contributed by atoms with E-state index in [1.807, 2.05) is 54.6 Å². The number of nitrogens with zero attached hydrogens (tertiary/aromatic N) is 3. The average molecular weight is 485 g/mol. The molecule has 0 radical (unpaired) electrons. The molecule has 0 aliphatic carbocycles. The molecule has 1 aromatic heterocycles. The molecule has 0 bridgehead atoms. The molecule has 0 fully saturated rings. The molecule has 0 saturated heterocycles. The van der Waals surface area contributed by atoms with Gasteiger partial charge >= 0.3 is 6.18 Å². The van der Waals surface area contributed by atoms with E-state index in [4.69, 9.17) is 21.7 Å². The molecular weight excluding hydrogens is 465 g/mol. The molecule has 3 aromatic carbocycles. The number of benzene rings is 3. The van der Waals surface area contributed by atoms with Gasteiger partial charge in [0, 0.05) is 5.56 Å². The summed E-state index contributed by atoms with van der Waals surface area (Å²) in [4.78, 5) is 0. The summed E-state index contributed by atoms with van der Waals surface area (Å²) in [7, 11) is 1.53. The molecule has 34 heavy (non-hydrogen) atoms. The molecule has 174 valence electrons. The van der Waals surface area contributed by atoms with Crippen LogP contribution >= 0.6 is 12.2 Å². The first kappa shape index (κ1) is 23.2. The number of hydrogen-bond donors (Lipinski definition) is 1. The lowest BCUT2D eigenvalue weighted by molar-refractivity contribution is -0.147. The van der Waals surface area contributed by atoms with Crippen molar-refractivity contribution in [2.24, 2.45) is 5.10 Å². The number of rotatable bonds is 7. The van der Waals surface area contributed by atoms with Crippen LogP contribution in [0, 0.1) is 4.77 Å². The first-order chi connectivity index (χ1) is 16.3. The topological polar surface area (TPSA) is 64.4 Å². The van der Waals surface area contributed by atoms with Crippen LogP contribution in [0.4, 0.5) is 13.2 Å². The van der Waals surface area contributed by atoms with Crippen molar-refractivity contribution >= 4 is 18.4 Å². The molecule has 4 aromatic rings. The summed E-state index contributed by atoms with van der Waals surface area (Å²) in [5.74, 6) is 0.0130. The highest BCUT2D eigenvalue weighted by Gasteiger charge is 2.37. The van der Waals surface area contributed by atoms with Crippen LogP contribution in [0.15, 0.2) is 77.9 Å². The van der Waals surface area contributed by atoms with E-state index in [1.54, 1.807) is 18.2 Å². The second-order valence-electron chi connectivity index (χ2n) is 7.16. The summed E-state index contributed by atoms with van der Waals surface area (Å²) < 4.78 is 50.8. The van der Waals surface area contributed by atoms with Crippen molar-refractivity contribution in [2.45, 2.75) is 12.8 Å². The Morgan fingerprint density at radius 2 is 1.74 bits per heavy atom. The van der Waals surface area contributed by atoms with Crippen LogP contribution in [0.25, 0.3) is 11.1 Å². The molecule has 0 atom stereocenters. The Hall–Kier alpha value is -3.92. The van der Waals surface area contributed by atoms with E-state index in [0.717, 1.165) is 11.1 Å². The maximum atomic E-state index is 13.1. The minimum Gasteiger partial charge on any atom is -0.496 e. The quantitative estimate of drug-likeness (QED) is 0.254. The third-order valence-electron chi connectivity index (χ3n) is 4.89. The van der Waals surface area contributed by atoms with Crippen molar-refractivity contribution in [2.75, 3.05) is 7.11 Å². The highest BCUT2D eigenvalue weighted by atomic mass is 32.1. The van der Waals surface area contributed by atoms with Gasteiger partial charge in [-0.05, 0) is 59.2 Å². The number of hydrogen-bond acceptors (Lipinski definition) is 5. The predicted octanol–water partition coefficient (Wildman–Crippen LogP) is 6.10. The zero-order valence-electron chi connectivity index (χ0n) is 17.9. The Morgan fingerprint density at radius 1 is 1.03 bits per heavy atom. The molecule has 0 unspecified atom stereocenters. The minimum atomic E-state index is -4.69. The molecule has 0 aliphatic rings. The molecule has 0 amide bonds. The number of ether oxygens (including phenoxy) is 2. The Balaban J connectivity index is 1.51. The third-order valence-corrected chi connectivity index (χ3v) is 5.15. The van der Waals surface area contributed by atoms with Crippen LogP contribution in [0.1, 0.15) is 17.0 Å². The molecule has 4 rings (SSSR count). The predicted molar refractivity (Wildman–Crippen MR) is 125 cm³/mol. The average Bonchev–Trinajstić information content (AvgIpc) is 3.23. The third kappa shape index (κ3) is 5.34. The fourth-order valence-corrected chi connectivity index (χ4v) is 3.41. The van der Waals surface area contributed by atoms with Crippen LogP contribution in [0.2, 0.25) is 0 Å². The highest BCUT2D eigenvalue weighted by Crippen LogP contribution is 2.28. The molecule has 0 aliphatic heterocycles. The second-order valence-corrected chi connectivity index (χ2v) is 7.54. The van der Waals surface area contributed by atoms with Crippen molar-refractivity contribution < 1.29 is 22.6 Å². The van der Waals surface area contributed by atoms with Crippen LogP contribution in [-0.4, -0.2) is 28.2 Å². The van der Waals surface area contributed by atoms with E-state index in [2.05, 4.69) is 15.3 Å². The van der Waals surface area contributed by atoms with Crippen LogP contribution in [0.5, 0.6) is 11.5 Å². The lowest BCUT2D eigenvalue weighted by Crippen LogP contribution is -2.12. The van der Waals surface area contributed by atoms with Gasteiger partial charge in [-0.25, -0.2) is 5.10 Å². The van der Waals surface area contributed by atoms with Crippen LogP contribution < -0.4 is 9.47 Å². The molecule has 6 nitrogen and oxygen atoms in total. The van der Waals surface area contributed by atoms with Gasteiger partial charge in [-0.15, -0.1) is 5.10 Å². The van der Waals surface area contributed by atoms with Gasteiger partial charge in [-0.2, -0.15) is 22.9 Å². The summed E-state index contributed by atoms with van der Waals surface area (Å²) >= 11 is 4.85. The van der Waals surface area contributed by atoms with Crippen LogP contribution in [0.3, 0.4) is 0 Å². The standard InChI is InChI=1S/C24H19F3N4O2S/c1-32-21-12-7-16(14-28-31-22(24(25,26)27)29-30-23(31)34)13-19(21)15-33-20-10-8-18(9-11-20)17-5-3-2-4-6-17/h2-14H,15H2,1H3,(H,30,34)/b28-14+. The van der Waals surface area contributed by atoms with E-state index in [-0.39, 0.29) is 11.4 Å². The Kier molecular flexibility index (Phi) is 6.78. The van der Waals surface area contributed by atoms with Crippen molar-refractivity contribution in [3.05, 3.63) is 94.5 Å². The first-order valence-corrected chi connectivity index (χ1v) is 10.5. The second kappa shape index (κ2) is 9.92. The lowest BCUT2D eigenvalue weighted by atomic mass is 10.1. The Morgan fingerprint density at radius 3 is 2.41 bits per heavy atom. The van der Waals surface area contributed by atoms with E-state index < -0.39 is 12.0 Å². The smallest absolute Gasteiger partial charge is 0.453 e. The van der Waals surface area contributed by atoms with Crippen molar-refractivity contribution in [1.29, 1.82) is 0 Å². The number of nitrogens with one attached hydrogen (secondary N) is 1. The molecule has 1 heterocycles. The highest BCUT2D eigenvalue weighted by molar-refractivity contribution is 7.71. The molecule has 1 N–H and O–H groups in total. The van der Waals surface area contributed by atoms with Gasteiger partial charge in [0.25, 0.3) is 5.82 Å². The Labute approximate surface area is 198 Å². The number of methoxy groups -OCH3 is 1. The Bertz CT molecular complexity index is 1350.